The van der Waals surface area contributed by atoms with Gasteiger partial charge in [-0.1, -0.05) is 24.3 Å². The van der Waals surface area contributed by atoms with Crippen molar-refractivity contribution >= 4 is 40.9 Å². The van der Waals surface area contributed by atoms with Gasteiger partial charge in [0.05, 0.1) is 6.54 Å². The molecule has 0 fully saturated rings. The Balaban J connectivity index is 1.71. The van der Waals surface area contributed by atoms with Crippen LogP contribution in [0.25, 0.3) is 0 Å². The van der Waals surface area contributed by atoms with Gasteiger partial charge in [0.2, 0.25) is 11.8 Å². The van der Waals surface area contributed by atoms with E-state index in [2.05, 4.69) is 10.6 Å². The van der Waals surface area contributed by atoms with Gasteiger partial charge in [-0.25, -0.2) is 9.59 Å². The average Bonchev–Trinajstić information content (AvgIpc) is 3.36. The van der Waals surface area contributed by atoms with Crippen LogP contribution < -0.4 is 15.5 Å². The lowest BCUT2D eigenvalue weighted by molar-refractivity contribution is -0.139. The van der Waals surface area contributed by atoms with Gasteiger partial charge in [0, 0.05) is 17.0 Å². The van der Waals surface area contributed by atoms with Crippen LogP contribution in [0.2, 0.25) is 0 Å². The van der Waals surface area contributed by atoms with E-state index in [1.165, 1.54) is 16.2 Å². The molecule has 1 aliphatic rings. The van der Waals surface area contributed by atoms with Crippen LogP contribution in [-0.2, 0) is 25.5 Å². The number of carboxylic acids is 1. The maximum atomic E-state index is 12.9. The van der Waals surface area contributed by atoms with Crippen LogP contribution in [0.15, 0.2) is 41.8 Å². The van der Waals surface area contributed by atoms with Crippen LogP contribution in [0.1, 0.15) is 37.3 Å². The van der Waals surface area contributed by atoms with Crippen LogP contribution in [0.5, 0.6) is 0 Å². The first-order valence-corrected chi connectivity index (χ1v) is 10.9. The number of aliphatic carboxylic acids is 1. The molecule has 0 spiro atoms. The fourth-order valence-corrected chi connectivity index (χ4v) is 4.16. The van der Waals surface area contributed by atoms with Crippen LogP contribution >= 0.6 is 11.3 Å². The van der Waals surface area contributed by atoms with Crippen molar-refractivity contribution in [2.45, 2.75) is 44.9 Å². The molecular formula is C22H25N3O6S. The van der Waals surface area contributed by atoms with Gasteiger partial charge in [0.15, 0.2) is 0 Å². The number of hydrogen-bond acceptors (Lipinski definition) is 6. The maximum Gasteiger partial charge on any atom is 0.408 e. The molecule has 3 N–H and O–H groups in total. The van der Waals surface area contributed by atoms with Crippen LogP contribution in [0.4, 0.5) is 10.5 Å². The quantitative estimate of drug-likeness (QED) is 0.610. The molecule has 170 valence electrons. The van der Waals surface area contributed by atoms with E-state index in [1.54, 1.807) is 62.5 Å². The molecule has 0 saturated carbocycles. The number of nitrogens with one attached hydrogen (secondary N) is 2. The third-order valence-electron chi connectivity index (χ3n) is 4.69. The first-order chi connectivity index (χ1) is 15.1. The first kappa shape index (κ1) is 23.3. The predicted molar refractivity (Wildman–Crippen MR) is 118 cm³/mol. The lowest BCUT2D eigenvalue weighted by Gasteiger charge is -2.24. The summed E-state index contributed by atoms with van der Waals surface area (Å²) in [7, 11) is 0. The van der Waals surface area contributed by atoms with Gasteiger partial charge in [0.1, 0.15) is 17.7 Å². The summed E-state index contributed by atoms with van der Waals surface area (Å²) < 4.78 is 5.24. The van der Waals surface area contributed by atoms with Crippen molar-refractivity contribution in [2.24, 2.45) is 0 Å². The minimum absolute atomic E-state index is 0.198. The SMILES string of the molecule is CC(C)(C)OC(=O)NC(C(=O)NCC(=O)N1c2ccccc2CC1C(=O)O)c1cccs1. The summed E-state index contributed by atoms with van der Waals surface area (Å²) in [5, 5.41) is 16.4. The molecule has 2 heterocycles. The minimum Gasteiger partial charge on any atom is -0.480 e. The molecule has 2 unspecified atom stereocenters. The van der Waals surface area contributed by atoms with Crippen molar-refractivity contribution in [1.29, 1.82) is 0 Å². The predicted octanol–water partition coefficient (Wildman–Crippen LogP) is 2.47. The van der Waals surface area contributed by atoms with Crippen LogP contribution in [-0.4, -0.2) is 47.2 Å². The Hall–Kier alpha value is -3.40. The number of carbonyl (C=O) groups excluding carboxylic acids is 3. The number of thiophene rings is 1. The molecule has 3 amide bonds. The smallest absolute Gasteiger partial charge is 0.408 e. The Bertz CT molecular complexity index is 1010. The molecular weight excluding hydrogens is 434 g/mol. The molecule has 2 atom stereocenters. The zero-order valence-electron chi connectivity index (χ0n) is 18.0. The number of carbonyl (C=O) groups is 4. The zero-order chi connectivity index (χ0) is 23.5. The highest BCUT2D eigenvalue weighted by Gasteiger charge is 2.38. The summed E-state index contributed by atoms with van der Waals surface area (Å²) in [5.74, 6) is -2.28. The molecule has 9 nitrogen and oxygen atoms in total. The Kier molecular flexibility index (Phi) is 6.83. The van der Waals surface area contributed by atoms with Gasteiger partial charge in [0.25, 0.3) is 0 Å². The molecule has 0 aliphatic carbocycles. The summed E-state index contributed by atoms with van der Waals surface area (Å²) in [6, 6.07) is 8.28. The minimum atomic E-state index is -1.12. The van der Waals surface area contributed by atoms with Crippen molar-refractivity contribution in [2.75, 3.05) is 11.4 Å². The lowest BCUT2D eigenvalue weighted by Crippen LogP contribution is -2.49. The molecule has 1 aromatic heterocycles. The zero-order valence-corrected chi connectivity index (χ0v) is 18.8. The highest BCUT2D eigenvalue weighted by Crippen LogP contribution is 2.32. The van der Waals surface area contributed by atoms with E-state index in [1.807, 2.05) is 0 Å². The van der Waals surface area contributed by atoms with E-state index in [4.69, 9.17) is 4.74 Å². The standard InChI is InChI=1S/C22H25N3O6S/c1-22(2,3)31-21(30)24-18(16-9-6-10-32-16)19(27)23-12-17(26)25-14-8-5-4-7-13(14)11-15(25)20(28)29/h4-10,15,18H,11-12H2,1-3H3,(H,23,27)(H,24,30)(H,28,29). The summed E-state index contributed by atoms with van der Waals surface area (Å²) in [6.45, 7) is 4.70. The number of nitrogens with zero attached hydrogens (tertiary/aromatic N) is 1. The van der Waals surface area contributed by atoms with Crippen molar-refractivity contribution in [3.63, 3.8) is 0 Å². The fourth-order valence-electron chi connectivity index (χ4n) is 3.39. The number of hydrogen-bond donors (Lipinski definition) is 3. The molecule has 0 bridgehead atoms. The highest BCUT2D eigenvalue weighted by molar-refractivity contribution is 7.10. The Morgan fingerprint density at radius 2 is 1.91 bits per heavy atom. The molecule has 1 aromatic carbocycles. The average molecular weight is 460 g/mol. The summed E-state index contributed by atoms with van der Waals surface area (Å²) >= 11 is 1.27. The van der Waals surface area contributed by atoms with Gasteiger partial charge in [-0.2, -0.15) is 0 Å². The number of rotatable bonds is 6. The fraction of sp³-hybridized carbons (Fsp3) is 0.364. The van der Waals surface area contributed by atoms with Crippen molar-refractivity contribution in [3.05, 3.63) is 52.2 Å². The van der Waals surface area contributed by atoms with Crippen molar-refractivity contribution in [3.8, 4) is 0 Å². The lowest BCUT2D eigenvalue weighted by atomic mass is 10.1. The molecule has 10 heteroatoms. The second-order valence-corrected chi connectivity index (χ2v) is 9.24. The van der Waals surface area contributed by atoms with Crippen molar-refractivity contribution in [1.82, 2.24) is 10.6 Å². The second-order valence-electron chi connectivity index (χ2n) is 8.26. The maximum absolute atomic E-state index is 12.9. The molecule has 0 saturated heterocycles. The van der Waals surface area contributed by atoms with E-state index < -0.39 is 48.1 Å². The monoisotopic (exact) mass is 459 g/mol. The van der Waals surface area contributed by atoms with E-state index in [9.17, 15) is 24.3 Å². The number of ether oxygens (including phenoxy) is 1. The van der Waals surface area contributed by atoms with E-state index in [0.717, 1.165) is 5.56 Å². The number of alkyl carbamates (subject to hydrolysis) is 1. The van der Waals surface area contributed by atoms with Gasteiger partial charge in [-0.15, -0.1) is 11.3 Å². The first-order valence-electron chi connectivity index (χ1n) is 10.00. The van der Waals surface area contributed by atoms with E-state index >= 15 is 0 Å². The Morgan fingerprint density at radius 1 is 1.19 bits per heavy atom. The number of anilines is 1. The highest BCUT2D eigenvalue weighted by atomic mass is 32.1. The summed E-state index contributed by atoms with van der Waals surface area (Å²) in [6.07, 6.45) is -0.569. The second kappa shape index (κ2) is 9.39. The molecule has 0 radical (unpaired) electrons. The topological polar surface area (TPSA) is 125 Å². The molecule has 32 heavy (non-hydrogen) atoms. The Labute approximate surface area is 189 Å². The third kappa shape index (κ3) is 5.44. The van der Waals surface area contributed by atoms with E-state index in [0.29, 0.717) is 10.6 Å². The van der Waals surface area contributed by atoms with Crippen LogP contribution in [0.3, 0.4) is 0 Å². The number of carboxylic acid groups (broad SMARTS) is 1. The van der Waals surface area contributed by atoms with Crippen LogP contribution in [0, 0.1) is 0 Å². The number of para-hydroxylation sites is 1. The Morgan fingerprint density at radius 3 is 2.53 bits per heavy atom. The molecule has 2 aromatic rings. The normalized spacial score (nSPS) is 16.1. The van der Waals surface area contributed by atoms with Gasteiger partial charge in [-0.3, -0.25) is 14.5 Å². The number of benzene rings is 1. The molecule has 3 rings (SSSR count). The summed E-state index contributed by atoms with van der Waals surface area (Å²) in [5.41, 5.74) is 0.523. The third-order valence-corrected chi connectivity index (χ3v) is 5.63. The van der Waals surface area contributed by atoms with Gasteiger partial charge < -0.3 is 20.5 Å². The summed E-state index contributed by atoms with van der Waals surface area (Å²) in [4.78, 5) is 51.4. The number of fused-ring (bicyclic) bond motifs is 1. The van der Waals surface area contributed by atoms with Gasteiger partial charge in [-0.05, 0) is 43.8 Å². The van der Waals surface area contributed by atoms with Crippen molar-refractivity contribution < 1.29 is 29.0 Å². The van der Waals surface area contributed by atoms with Gasteiger partial charge >= 0.3 is 12.1 Å². The number of amides is 3. The largest absolute Gasteiger partial charge is 0.480 e. The van der Waals surface area contributed by atoms with E-state index in [-0.39, 0.29) is 6.42 Å². The molecule has 1 aliphatic heterocycles.